The summed E-state index contributed by atoms with van der Waals surface area (Å²) in [7, 11) is 0. The molecule has 6 heteroatoms. The monoisotopic (exact) mass is 207 g/mol. The molecule has 0 aliphatic carbocycles. The number of halogens is 1. The van der Waals surface area contributed by atoms with Crippen molar-refractivity contribution in [3.63, 3.8) is 0 Å². The zero-order valence-corrected chi connectivity index (χ0v) is 7.48. The summed E-state index contributed by atoms with van der Waals surface area (Å²) in [6, 6.07) is 3.24. The van der Waals surface area contributed by atoms with E-state index in [9.17, 15) is 14.5 Å². The van der Waals surface area contributed by atoms with E-state index in [4.69, 9.17) is 0 Å². The molecular formula is C9H6FN3O2. The van der Waals surface area contributed by atoms with Crippen molar-refractivity contribution in [2.24, 2.45) is 0 Å². The molecule has 1 aromatic carbocycles. The number of aromatic nitrogens is 2. The molecule has 0 saturated carbocycles. The maximum Gasteiger partial charge on any atom is 0.280 e. The number of hydrogen-bond donors (Lipinski definition) is 1. The second-order valence-corrected chi connectivity index (χ2v) is 2.86. The minimum atomic E-state index is -0.572. The summed E-state index contributed by atoms with van der Waals surface area (Å²) in [5.74, 6) is -0.256. The molecule has 0 atom stereocenters. The van der Waals surface area contributed by atoms with Gasteiger partial charge in [0.2, 0.25) is 0 Å². The highest BCUT2D eigenvalue weighted by molar-refractivity contribution is 5.67. The van der Waals surface area contributed by atoms with Crippen molar-refractivity contribution in [3.05, 3.63) is 46.5 Å². The summed E-state index contributed by atoms with van der Waals surface area (Å²) >= 11 is 0. The topological polar surface area (TPSA) is 71.8 Å². The molecule has 1 heterocycles. The van der Waals surface area contributed by atoms with E-state index in [2.05, 4.69) is 9.97 Å². The van der Waals surface area contributed by atoms with Crippen molar-refractivity contribution < 1.29 is 9.31 Å². The largest absolute Gasteiger partial charge is 0.344 e. The van der Waals surface area contributed by atoms with Gasteiger partial charge >= 0.3 is 0 Å². The van der Waals surface area contributed by atoms with Gasteiger partial charge in [-0.3, -0.25) is 10.1 Å². The van der Waals surface area contributed by atoms with Gasteiger partial charge in [0, 0.05) is 18.5 Å². The Labute approximate surface area is 83.7 Å². The van der Waals surface area contributed by atoms with Crippen LogP contribution in [0.25, 0.3) is 11.4 Å². The third kappa shape index (κ3) is 1.69. The van der Waals surface area contributed by atoms with E-state index in [-0.39, 0.29) is 17.1 Å². The van der Waals surface area contributed by atoms with Crippen LogP contribution in [0.2, 0.25) is 0 Å². The normalized spacial score (nSPS) is 10.2. The van der Waals surface area contributed by atoms with Crippen molar-refractivity contribution in [3.8, 4) is 11.4 Å². The smallest absolute Gasteiger partial charge is 0.280 e. The maximum atomic E-state index is 12.9. The first-order valence-electron chi connectivity index (χ1n) is 4.12. The van der Waals surface area contributed by atoms with Crippen molar-refractivity contribution in [2.45, 2.75) is 0 Å². The Kier molecular flexibility index (Phi) is 2.17. The highest BCUT2D eigenvalue weighted by Gasteiger charge is 2.17. The molecule has 1 N–H and O–H groups in total. The first-order valence-corrected chi connectivity index (χ1v) is 4.12. The molecule has 15 heavy (non-hydrogen) atoms. The van der Waals surface area contributed by atoms with Crippen LogP contribution >= 0.6 is 0 Å². The number of nitro groups is 1. The molecule has 0 saturated heterocycles. The highest BCUT2D eigenvalue weighted by Crippen LogP contribution is 2.27. The van der Waals surface area contributed by atoms with Crippen LogP contribution in [0.1, 0.15) is 0 Å². The Morgan fingerprint density at radius 1 is 1.47 bits per heavy atom. The number of nitro benzene ring substituents is 1. The summed E-state index contributed by atoms with van der Waals surface area (Å²) in [5.41, 5.74) is -0.0312. The molecule has 0 aliphatic rings. The lowest BCUT2D eigenvalue weighted by Gasteiger charge is -1.99. The molecule has 1 aromatic heterocycles. The van der Waals surface area contributed by atoms with Gasteiger partial charge in [-0.05, 0) is 12.1 Å². The van der Waals surface area contributed by atoms with E-state index in [0.29, 0.717) is 0 Å². The first kappa shape index (κ1) is 9.32. The van der Waals surface area contributed by atoms with Crippen LogP contribution < -0.4 is 0 Å². The van der Waals surface area contributed by atoms with Crippen LogP contribution in [-0.2, 0) is 0 Å². The maximum absolute atomic E-state index is 12.9. The number of nitrogens with zero attached hydrogens (tertiary/aromatic N) is 2. The van der Waals surface area contributed by atoms with Gasteiger partial charge in [-0.15, -0.1) is 0 Å². The van der Waals surface area contributed by atoms with Crippen LogP contribution in [0, 0.1) is 15.9 Å². The number of hydrogen-bond acceptors (Lipinski definition) is 3. The minimum absolute atomic E-state index is 0.144. The Balaban J connectivity index is 2.63. The van der Waals surface area contributed by atoms with Crippen molar-refractivity contribution in [1.29, 1.82) is 0 Å². The summed E-state index contributed by atoms with van der Waals surface area (Å²) in [6.45, 7) is 0. The summed E-state index contributed by atoms with van der Waals surface area (Å²) in [6.07, 6.45) is 2.97. The molecular weight excluding hydrogens is 201 g/mol. The summed E-state index contributed by atoms with van der Waals surface area (Å²) in [5, 5.41) is 10.7. The quantitative estimate of drug-likeness (QED) is 0.605. The van der Waals surface area contributed by atoms with Gasteiger partial charge in [-0.25, -0.2) is 9.37 Å². The molecule has 2 aromatic rings. The molecule has 0 spiro atoms. The van der Waals surface area contributed by atoms with Crippen LogP contribution in [0.4, 0.5) is 10.1 Å². The Bertz CT molecular complexity index is 496. The molecule has 0 amide bonds. The lowest BCUT2D eigenvalue weighted by atomic mass is 10.1. The summed E-state index contributed by atoms with van der Waals surface area (Å²) < 4.78 is 12.9. The number of imidazole rings is 1. The molecule has 5 nitrogen and oxygen atoms in total. The average Bonchev–Trinajstić information content (AvgIpc) is 2.69. The fourth-order valence-electron chi connectivity index (χ4n) is 1.27. The molecule has 0 unspecified atom stereocenters. The van der Waals surface area contributed by atoms with Gasteiger partial charge < -0.3 is 4.98 Å². The molecule has 76 valence electrons. The van der Waals surface area contributed by atoms with Crippen LogP contribution in [0.3, 0.4) is 0 Å². The van der Waals surface area contributed by atoms with E-state index in [0.717, 1.165) is 18.2 Å². The van der Waals surface area contributed by atoms with E-state index in [1.54, 1.807) is 0 Å². The van der Waals surface area contributed by atoms with Crippen molar-refractivity contribution >= 4 is 5.69 Å². The Morgan fingerprint density at radius 3 is 2.87 bits per heavy atom. The molecule has 0 bridgehead atoms. The van der Waals surface area contributed by atoms with Gasteiger partial charge in [-0.1, -0.05) is 0 Å². The Morgan fingerprint density at radius 2 is 2.27 bits per heavy atom. The van der Waals surface area contributed by atoms with Crippen LogP contribution in [0.5, 0.6) is 0 Å². The lowest BCUT2D eigenvalue weighted by Crippen LogP contribution is -1.93. The van der Waals surface area contributed by atoms with Gasteiger partial charge in [0.15, 0.2) is 0 Å². The third-order valence-corrected chi connectivity index (χ3v) is 1.91. The number of rotatable bonds is 2. The highest BCUT2D eigenvalue weighted by atomic mass is 19.1. The van der Waals surface area contributed by atoms with Crippen molar-refractivity contribution in [1.82, 2.24) is 9.97 Å². The van der Waals surface area contributed by atoms with E-state index in [1.807, 2.05) is 0 Å². The third-order valence-electron chi connectivity index (χ3n) is 1.91. The number of benzene rings is 1. The second kappa shape index (κ2) is 3.49. The van der Waals surface area contributed by atoms with Gasteiger partial charge in [-0.2, -0.15) is 0 Å². The number of nitrogens with one attached hydrogen (secondary N) is 1. The zero-order valence-electron chi connectivity index (χ0n) is 7.48. The molecule has 2 rings (SSSR count). The standard InChI is InChI=1S/C9H6FN3O2/c10-6-1-2-8(13(14)15)7(5-6)9-11-3-4-12-9/h1-5H,(H,11,12). The first-order chi connectivity index (χ1) is 7.18. The fourth-order valence-corrected chi connectivity index (χ4v) is 1.27. The van der Waals surface area contributed by atoms with E-state index < -0.39 is 10.7 Å². The SMILES string of the molecule is O=[N+]([O-])c1ccc(F)cc1-c1ncc[nH]1. The second-order valence-electron chi connectivity index (χ2n) is 2.86. The van der Waals surface area contributed by atoms with E-state index >= 15 is 0 Å². The predicted octanol–water partition coefficient (Wildman–Crippen LogP) is 2.12. The zero-order chi connectivity index (χ0) is 10.8. The van der Waals surface area contributed by atoms with Crippen molar-refractivity contribution in [2.75, 3.05) is 0 Å². The van der Waals surface area contributed by atoms with Gasteiger partial charge in [0.05, 0.1) is 10.5 Å². The number of H-pyrrole nitrogens is 1. The summed E-state index contributed by atoms with van der Waals surface area (Å²) in [4.78, 5) is 16.6. The van der Waals surface area contributed by atoms with Crippen LogP contribution in [0.15, 0.2) is 30.6 Å². The van der Waals surface area contributed by atoms with Gasteiger partial charge in [0.1, 0.15) is 11.6 Å². The lowest BCUT2D eigenvalue weighted by molar-refractivity contribution is -0.384. The predicted molar refractivity (Wildman–Crippen MR) is 50.6 cm³/mol. The average molecular weight is 207 g/mol. The minimum Gasteiger partial charge on any atom is -0.344 e. The fraction of sp³-hybridized carbons (Fsp3) is 0. The van der Waals surface area contributed by atoms with Crippen LogP contribution in [-0.4, -0.2) is 14.9 Å². The molecule has 0 radical (unpaired) electrons. The molecule has 0 fully saturated rings. The van der Waals surface area contributed by atoms with E-state index in [1.165, 1.54) is 12.4 Å². The van der Waals surface area contributed by atoms with Gasteiger partial charge in [0.25, 0.3) is 5.69 Å². The molecule has 0 aliphatic heterocycles. The Hall–Kier alpha value is -2.24. The number of aromatic amines is 1.